The molecule has 1 aromatic carbocycles. The molecule has 0 aliphatic rings. The van der Waals surface area contributed by atoms with Crippen molar-refractivity contribution in [3.63, 3.8) is 0 Å². The molecule has 0 saturated carbocycles. The van der Waals surface area contributed by atoms with Gasteiger partial charge in [0, 0.05) is 29.9 Å². The van der Waals surface area contributed by atoms with E-state index in [-0.39, 0.29) is 12.1 Å². The minimum Gasteiger partial charge on any atom is -0.398 e. The number of rotatable bonds is 3. The number of nitrogens with one attached hydrogen (secondary N) is 1. The van der Waals surface area contributed by atoms with Gasteiger partial charge < -0.3 is 15.7 Å². The fraction of sp³-hybridized carbons (Fsp3) is 0.176. The zero-order valence-electron chi connectivity index (χ0n) is 13.8. The van der Waals surface area contributed by atoms with Crippen molar-refractivity contribution in [1.29, 1.82) is 5.41 Å². The van der Waals surface area contributed by atoms with Gasteiger partial charge in [-0.2, -0.15) is 5.10 Å². The van der Waals surface area contributed by atoms with E-state index in [1.54, 1.807) is 23.6 Å². The zero-order valence-corrected chi connectivity index (χ0v) is 14.6. The Kier molecular flexibility index (Phi) is 3.43. The first-order valence-electron chi connectivity index (χ1n) is 7.70. The van der Waals surface area contributed by atoms with Crippen molar-refractivity contribution in [2.45, 2.75) is 13.5 Å². The molecule has 0 saturated heterocycles. The number of aryl methyl sites for hydroxylation is 2. The highest BCUT2D eigenvalue weighted by molar-refractivity contribution is 7.19. The third kappa shape index (κ3) is 2.25. The number of fused-ring (bicyclic) bond motifs is 3. The predicted octanol–water partition coefficient (Wildman–Crippen LogP) is 2.28. The van der Waals surface area contributed by atoms with Crippen LogP contribution >= 0.6 is 11.3 Å². The quantitative estimate of drug-likeness (QED) is 0.436. The number of aromatic nitrogens is 4. The van der Waals surface area contributed by atoms with E-state index >= 15 is 0 Å². The summed E-state index contributed by atoms with van der Waals surface area (Å²) in [6, 6.07) is 5.40. The molecule has 4 aromatic rings. The van der Waals surface area contributed by atoms with Gasteiger partial charge in [0.2, 0.25) is 0 Å². The van der Waals surface area contributed by atoms with E-state index in [9.17, 15) is 4.79 Å². The third-order valence-electron chi connectivity index (χ3n) is 4.33. The summed E-state index contributed by atoms with van der Waals surface area (Å²) in [6.45, 7) is 2.21. The van der Waals surface area contributed by atoms with Gasteiger partial charge in [0.15, 0.2) is 5.65 Å². The van der Waals surface area contributed by atoms with Gasteiger partial charge in [-0.3, -0.25) is 4.79 Å². The second kappa shape index (κ2) is 5.52. The Balaban J connectivity index is 1.91. The molecule has 0 fully saturated rings. The van der Waals surface area contributed by atoms with Crippen molar-refractivity contribution in [3.8, 4) is 0 Å². The van der Waals surface area contributed by atoms with E-state index < -0.39 is 0 Å². The molecular formula is C17H16N6OS. The summed E-state index contributed by atoms with van der Waals surface area (Å²) < 4.78 is 4.21. The van der Waals surface area contributed by atoms with Gasteiger partial charge in [0.25, 0.3) is 5.56 Å². The monoisotopic (exact) mass is 352 g/mol. The van der Waals surface area contributed by atoms with Gasteiger partial charge in [0.05, 0.1) is 22.4 Å². The third-order valence-corrected chi connectivity index (χ3v) is 5.32. The topological polar surface area (TPSA) is 103 Å². The first-order chi connectivity index (χ1) is 12.0. The van der Waals surface area contributed by atoms with Crippen molar-refractivity contribution in [3.05, 3.63) is 50.9 Å². The average molecular weight is 352 g/mol. The summed E-state index contributed by atoms with van der Waals surface area (Å²) in [7, 11) is 1.85. The van der Waals surface area contributed by atoms with Crippen LogP contribution in [0.15, 0.2) is 29.2 Å². The van der Waals surface area contributed by atoms with Gasteiger partial charge in [-0.1, -0.05) is 12.1 Å². The van der Waals surface area contributed by atoms with E-state index in [1.165, 1.54) is 10.9 Å². The number of nitrogens with zero attached hydrogens (tertiary/aromatic N) is 4. The van der Waals surface area contributed by atoms with Crippen LogP contribution in [0.1, 0.15) is 16.1 Å². The average Bonchev–Trinajstić information content (AvgIpc) is 3.08. The number of nitrogen functional groups attached to an aromatic ring is 1. The molecular weight excluding hydrogens is 336 g/mol. The molecule has 3 N–H and O–H groups in total. The molecule has 0 aliphatic heterocycles. The highest BCUT2D eigenvalue weighted by atomic mass is 32.1. The lowest BCUT2D eigenvalue weighted by atomic mass is 10.1. The predicted molar refractivity (Wildman–Crippen MR) is 101 cm³/mol. The maximum absolute atomic E-state index is 13.0. The summed E-state index contributed by atoms with van der Waals surface area (Å²) in [5, 5.41) is 13.7. The molecule has 3 heterocycles. The van der Waals surface area contributed by atoms with Crippen LogP contribution in [0.5, 0.6) is 0 Å². The second-order valence-corrected chi connectivity index (χ2v) is 7.08. The molecule has 126 valence electrons. The Bertz CT molecular complexity index is 1200. The normalized spacial score (nSPS) is 11.4. The van der Waals surface area contributed by atoms with E-state index in [2.05, 4.69) is 10.1 Å². The van der Waals surface area contributed by atoms with Crippen LogP contribution in [-0.2, 0) is 13.6 Å². The van der Waals surface area contributed by atoms with Gasteiger partial charge in [-0.15, -0.1) is 11.3 Å². The van der Waals surface area contributed by atoms with Gasteiger partial charge in [0.1, 0.15) is 5.52 Å². The second-order valence-electron chi connectivity index (χ2n) is 5.88. The number of anilines is 1. The highest BCUT2D eigenvalue weighted by Crippen LogP contribution is 2.30. The van der Waals surface area contributed by atoms with Crippen LogP contribution in [0.2, 0.25) is 0 Å². The minimum absolute atomic E-state index is 0.179. The molecule has 0 aliphatic carbocycles. The SMILES string of the molecule is Cc1nc2c(s1)c1cnn(Cc3cccc(N)c3C=N)c(=O)c1n2C. The van der Waals surface area contributed by atoms with Crippen molar-refractivity contribution < 1.29 is 0 Å². The van der Waals surface area contributed by atoms with E-state index in [1.807, 2.05) is 30.7 Å². The summed E-state index contributed by atoms with van der Waals surface area (Å²) in [6.07, 6.45) is 2.92. The zero-order chi connectivity index (χ0) is 17.7. The number of hydrogen-bond donors (Lipinski definition) is 2. The van der Waals surface area contributed by atoms with Gasteiger partial charge >= 0.3 is 0 Å². The largest absolute Gasteiger partial charge is 0.398 e. The fourth-order valence-corrected chi connectivity index (χ4v) is 4.07. The maximum atomic E-state index is 13.0. The smallest absolute Gasteiger partial charge is 0.291 e. The van der Waals surface area contributed by atoms with E-state index in [0.29, 0.717) is 16.8 Å². The molecule has 0 bridgehead atoms. The molecule has 0 unspecified atom stereocenters. The number of nitrogens with two attached hydrogens (primary N) is 1. The molecule has 0 amide bonds. The lowest BCUT2D eigenvalue weighted by molar-refractivity contribution is 0.644. The van der Waals surface area contributed by atoms with E-state index in [4.69, 9.17) is 11.1 Å². The molecule has 4 rings (SSSR count). The number of benzene rings is 1. The highest BCUT2D eigenvalue weighted by Gasteiger charge is 2.17. The van der Waals surface area contributed by atoms with Gasteiger partial charge in [-0.05, 0) is 18.6 Å². The molecule has 0 atom stereocenters. The number of thiazole rings is 1. The fourth-order valence-electron chi connectivity index (χ4n) is 3.11. The summed E-state index contributed by atoms with van der Waals surface area (Å²) in [5.41, 5.74) is 9.04. The summed E-state index contributed by atoms with van der Waals surface area (Å²) in [5.74, 6) is 0. The Labute approximate surface area is 146 Å². The Morgan fingerprint density at radius 3 is 2.96 bits per heavy atom. The summed E-state index contributed by atoms with van der Waals surface area (Å²) in [4.78, 5) is 17.5. The maximum Gasteiger partial charge on any atom is 0.291 e. The van der Waals surface area contributed by atoms with Crippen LogP contribution in [0, 0.1) is 12.3 Å². The Morgan fingerprint density at radius 2 is 2.20 bits per heavy atom. The van der Waals surface area contributed by atoms with Crippen molar-refractivity contribution in [2.24, 2.45) is 7.05 Å². The molecule has 25 heavy (non-hydrogen) atoms. The molecule has 3 aromatic heterocycles. The van der Waals surface area contributed by atoms with Crippen LogP contribution < -0.4 is 11.3 Å². The van der Waals surface area contributed by atoms with Crippen LogP contribution in [0.3, 0.4) is 0 Å². The van der Waals surface area contributed by atoms with E-state index in [0.717, 1.165) is 26.3 Å². The first kappa shape index (κ1) is 15.5. The van der Waals surface area contributed by atoms with Crippen LogP contribution in [0.4, 0.5) is 5.69 Å². The van der Waals surface area contributed by atoms with Gasteiger partial charge in [-0.25, -0.2) is 9.67 Å². The minimum atomic E-state index is -0.179. The van der Waals surface area contributed by atoms with Crippen LogP contribution in [-0.4, -0.2) is 25.5 Å². The Hall–Kier alpha value is -3.00. The Morgan fingerprint density at radius 1 is 1.40 bits per heavy atom. The lowest BCUT2D eigenvalue weighted by Crippen LogP contribution is -2.25. The van der Waals surface area contributed by atoms with Crippen molar-refractivity contribution in [2.75, 3.05) is 5.73 Å². The van der Waals surface area contributed by atoms with Crippen molar-refractivity contribution in [1.82, 2.24) is 19.3 Å². The number of hydrogen-bond acceptors (Lipinski definition) is 6. The van der Waals surface area contributed by atoms with Crippen LogP contribution in [0.25, 0.3) is 21.3 Å². The lowest BCUT2D eigenvalue weighted by Gasteiger charge is -2.10. The van der Waals surface area contributed by atoms with Crippen molar-refractivity contribution >= 4 is 44.5 Å². The standard InChI is InChI=1S/C17H16N6OS/c1-9-21-16-15(25-9)12-7-20-23(17(24)14(12)22(16)2)8-10-4-3-5-13(19)11(10)6-18/h3-7,18H,8,19H2,1-2H3. The molecule has 8 heteroatoms. The molecule has 7 nitrogen and oxygen atoms in total. The first-order valence-corrected chi connectivity index (χ1v) is 8.52. The molecule has 0 spiro atoms. The summed E-state index contributed by atoms with van der Waals surface area (Å²) >= 11 is 1.56. The molecule has 0 radical (unpaired) electrons.